The Morgan fingerprint density at radius 2 is 2.00 bits per heavy atom. The second kappa shape index (κ2) is 12.4. The summed E-state index contributed by atoms with van der Waals surface area (Å²) in [5.41, 5.74) is 4.12. The van der Waals surface area contributed by atoms with Gasteiger partial charge < -0.3 is 14.8 Å². The number of nitrogens with zero attached hydrogens (tertiary/aromatic N) is 3. The van der Waals surface area contributed by atoms with Gasteiger partial charge in [-0.15, -0.1) is 0 Å². The highest BCUT2D eigenvalue weighted by atomic mass is 16.5. The molecule has 0 aliphatic rings. The van der Waals surface area contributed by atoms with Crippen molar-refractivity contribution in [3.8, 4) is 28.8 Å². The van der Waals surface area contributed by atoms with Gasteiger partial charge >= 0.3 is 0 Å². The summed E-state index contributed by atoms with van der Waals surface area (Å²) in [7, 11) is 1.61. The van der Waals surface area contributed by atoms with Crippen molar-refractivity contribution in [1.29, 1.82) is 5.26 Å². The number of nitrogens with one attached hydrogen (secondary N) is 1. The molecule has 7 heteroatoms. The average molecular weight is 459 g/mol. The van der Waals surface area contributed by atoms with Crippen molar-refractivity contribution in [3.63, 3.8) is 0 Å². The summed E-state index contributed by atoms with van der Waals surface area (Å²) in [4.78, 5) is 12.6. The highest BCUT2D eigenvalue weighted by Gasteiger charge is 2.16. The largest absolute Gasteiger partial charge is 0.493 e. The molecular formula is C27H30N4O3. The number of rotatable bonds is 11. The zero-order chi connectivity index (χ0) is 24.3. The molecule has 0 radical (unpaired) electrons. The zero-order valence-electron chi connectivity index (χ0n) is 19.9. The van der Waals surface area contributed by atoms with Gasteiger partial charge in [0.05, 0.1) is 12.3 Å². The lowest BCUT2D eigenvalue weighted by molar-refractivity contribution is -0.117. The lowest BCUT2D eigenvalue weighted by atomic mass is 10.0. The minimum absolute atomic E-state index is 0.0194. The van der Waals surface area contributed by atoms with Crippen LogP contribution in [0.5, 0.6) is 5.75 Å². The Bertz CT molecular complexity index is 1180. The Labute approximate surface area is 200 Å². The van der Waals surface area contributed by atoms with Gasteiger partial charge in [0.15, 0.2) is 0 Å². The van der Waals surface area contributed by atoms with Crippen LogP contribution in [0.2, 0.25) is 0 Å². The molecule has 1 heterocycles. The molecule has 0 aliphatic heterocycles. The fourth-order valence-corrected chi connectivity index (χ4v) is 3.42. The number of aryl methyl sites for hydroxylation is 1. The smallest absolute Gasteiger partial charge is 0.261 e. The molecular weight excluding hydrogens is 428 g/mol. The number of para-hydroxylation sites is 1. The lowest BCUT2D eigenvalue weighted by Gasteiger charge is -2.09. The molecule has 3 rings (SSSR count). The van der Waals surface area contributed by atoms with E-state index in [0.717, 1.165) is 29.0 Å². The van der Waals surface area contributed by atoms with Crippen LogP contribution in [0.15, 0.2) is 60.3 Å². The molecule has 0 atom stereocenters. The Kier molecular flexibility index (Phi) is 9.01. The van der Waals surface area contributed by atoms with Crippen molar-refractivity contribution in [2.24, 2.45) is 0 Å². The number of aromatic nitrogens is 2. The highest BCUT2D eigenvalue weighted by molar-refractivity contribution is 6.02. The number of carbonyl (C=O) groups is 1. The van der Waals surface area contributed by atoms with E-state index in [1.165, 1.54) is 0 Å². The Morgan fingerprint density at radius 3 is 2.68 bits per heavy atom. The van der Waals surface area contributed by atoms with Gasteiger partial charge in [0.25, 0.3) is 5.91 Å². The van der Waals surface area contributed by atoms with Crippen LogP contribution in [0.4, 0.5) is 0 Å². The van der Waals surface area contributed by atoms with Crippen LogP contribution in [0.25, 0.3) is 23.0 Å². The Hall–Kier alpha value is -3.89. The van der Waals surface area contributed by atoms with E-state index >= 15 is 0 Å². The van der Waals surface area contributed by atoms with Crippen LogP contribution in [0.1, 0.15) is 30.9 Å². The number of hydrogen-bond donors (Lipinski definition) is 1. The lowest BCUT2D eigenvalue weighted by Crippen LogP contribution is -2.26. The summed E-state index contributed by atoms with van der Waals surface area (Å²) in [5.74, 6) is 0.412. The van der Waals surface area contributed by atoms with Gasteiger partial charge in [0.1, 0.15) is 23.1 Å². The molecule has 1 amide bonds. The third-order valence-electron chi connectivity index (χ3n) is 5.15. The van der Waals surface area contributed by atoms with E-state index in [-0.39, 0.29) is 5.57 Å². The molecule has 3 aromatic rings. The van der Waals surface area contributed by atoms with Gasteiger partial charge in [0.2, 0.25) is 0 Å². The molecule has 2 aromatic carbocycles. The van der Waals surface area contributed by atoms with Gasteiger partial charge in [-0.1, -0.05) is 25.1 Å². The van der Waals surface area contributed by atoms with Crippen molar-refractivity contribution in [1.82, 2.24) is 15.1 Å². The standard InChI is InChI=1S/C27H30N4O3/c1-4-14-34-25-12-11-21(16-20(25)2)26-23(19-31(30-26)24-9-6-5-7-10-24)17-22(18-28)27(32)29-13-8-15-33-3/h5-7,9-12,16-17,19H,4,8,13-15H2,1-3H3,(H,29,32)/b22-17+. The number of benzene rings is 2. The van der Waals surface area contributed by atoms with E-state index in [4.69, 9.17) is 14.6 Å². The van der Waals surface area contributed by atoms with Gasteiger partial charge in [0, 0.05) is 37.6 Å². The number of ether oxygens (including phenoxy) is 2. The third kappa shape index (κ3) is 6.33. The molecule has 34 heavy (non-hydrogen) atoms. The SMILES string of the molecule is CCCOc1ccc(-c2nn(-c3ccccc3)cc2/C=C(\C#N)C(=O)NCCCOC)cc1C. The van der Waals surface area contributed by atoms with E-state index in [0.29, 0.717) is 37.4 Å². The van der Waals surface area contributed by atoms with Crippen LogP contribution in [-0.2, 0) is 9.53 Å². The van der Waals surface area contributed by atoms with E-state index in [1.54, 1.807) is 17.9 Å². The maximum Gasteiger partial charge on any atom is 0.261 e. The molecule has 0 saturated carbocycles. The van der Waals surface area contributed by atoms with Crippen LogP contribution < -0.4 is 10.1 Å². The van der Waals surface area contributed by atoms with Crippen LogP contribution in [-0.4, -0.2) is 42.6 Å². The maximum atomic E-state index is 12.6. The highest BCUT2D eigenvalue weighted by Crippen LogP contribution is 2.30. The normalized spacial score (nSPS) is 11.2. The summed E-state index contributed by atoms with van der Waals surface area (Å²) in [5, 5.41) is 17.2. The second-order valence-corrected chi connectivity index (χ2v) is 7.81. The summed E-state index contributed by atoms with van der Waals surface area (Å²) in [6.45, 7) is 5.69. The van der Waals surface area contributed by atoms with Crippen molar-refractivity contribution >= 4 is 12.0 Å². The first-order valence-corrected chi connectivity index (χ1v) is 11.3. The molecule has 0 spiro atoms. The Morgan fingerprint density at radius 1 is 1.21 bits per heavy atom. The first-order valence-electron chi connectivity index (χ1n) is 11.3. The predicted octanol–water partition coefficient (Wildman–Crippen LogP) is 4.70. The van der Waals surface area contributed by atoms with Crippen LogP contribution >= 0.6 is 0 Å². The van der Waals surface area contributed by atoms with E-state index in [2.05, 4.69) is 12.2 Å². The van der Waals surface area contributed by atoms with Crippen molar-refractivity contribution in [2.45, 2.75) is 26.7 Å². The molecule has 176 valence electrons. The van der Waals surface area contributed by atoms with Gasteiger partial charge in [-0.3, -0.25) is 4.79 Å². The molecule has 1 N–H and O–H groups in total. The molecule has 0 unspecified atom stereocenters. The van der Waals surface area contributed by atoms with Crippen LogP contribution in [0, 0.1) is 18.3 Å². The van der Waals surface area contributed by atoms with E-state index in [1.807, 2.05) is 67.7 Å². The van der Waals surface area contributed by atoms with Crippen molar-refractivity contribution < 1.29 is 14.3 Å². The monoisotopic (exact) mass is 458 g/mol. The van der Waals surface area contributed by atoms with Crippen molar-refractivity contribution in [2.75, 3.05) is 26.9 Å². The average Bonchev–Trinajstić information content (AvgIpc) is 3.28. The molecule has 0 fully saturated rings. The Balaban J connectivity index is 2.00. The zero-order valence-corrected chi connectivity index (χ0v) is 19.9. The topological polar surface area (TPSA) is 89.2 Å². The number of methoxy groups -OCH3 is 1. The van der Waals surface area contributed by atoms with Gasteiger partial charge in [-0.25, -0.2) is 4.68 Å². The third-order valence-corrected chi connectivity index (χ3v) is 5.15. The molecule has 7 nitrogen and oxygen atoms in total. The first-order chi connectivity index (χ1) is 16.6. The summed E-state index contributed by atoms with van der Waals surface area (Å²) >= 11 is 0. The molecule has 0 bridgehead atoms. The van der Waals surface area contributed by atoms with E-state index < -0.39 is 5.91 Å². The molecule has 0 aliphatic carbocycles. The molecule has 1 aromatic heterocycles. The van der Waals surface area contributed by atoms with Crippen molar-refractivity contribution in [3.05, 3.63) is 71.4 Å². The van der Waals surface area contributed by atoms with E-state index in [9.17, 15) is 10.1 Å². The second-order valence-electron chi connectivity index (χ2n) is 7.81. The summed E-state index contributed by atoms with van der Waals surface area (Å²) in [6, 6.07) is 17.6. The molecule has 0 saturated heterocycles. The minimum atomic E-state index is -0.420. The number of carbonyl (C=O) groups excluding carboxylic acids is 1. The predicted molar refractivity (Wildman–Crippen MR) is 133 cm³/mol. The van der Waals surface area contributed by atoms with Crippen LogP contribution in [0.3, 0.4) is 0 Å². The number of nitriles is 1. The first kappa shape index (κ1) is 24.7. The summed E-state index contributed by atoms with van der Waals surface area (Å²) < 4.78 is 12.6. The maximum absolute atomic E-state index is 12.6. The van der Waals surface area contributed by atoms with Gasteiger partial charge in [-0.2, -0.15) is 10.4 Å². The quantitative estimate of drug-likeness (QED) is 0.256. The minimum Gasteiger partial charge on any atom is -0.493 e. The van der Waals surface area contributed by atoms with Gasteiger partial charge in [-0.05, 0) is 61.7 Å². The summed E-state index contributed by atoms with van der Waals surface area (Å²) in [6.07, 6.45) is 5.02. The fourth-order valence-electron chi connectivity index (χ4n) is 3.42. The fraction of sp³-hybridized carbons (Fsp3) is 0.296. The number of hydrogen-bond acceptors (Lipinski definition) is 5. The number of amides is 1.